The molecule has 118 valence electrons. The Morgan fingerprint density at radius 3 is 2.57 bits per heavy atom. The Morgan fingerprint density at radius 1 is 1.13 bits per heavy atom. The van der Waals surface area contributed by atoms with Gasteiger partial charge in [0.15, 0.2) is 5.78 Å². The molecule has 0 N–H and O–H groups in total. The number of ketones is 1. The number of hydrogen-bond donors (Lipinski definition) is 0. The van der Waals surface area contributed by atoms with Gasteiger partial charge >= 0.3 is 6.18 Å². The predicted octanol–water partition coefficient (Wildman–Crippen LogP) is 5.09. The molecule has 0 aliphatic heterocycles. The van der Waals surface area contributed by atoms with Crippen LogP contribution in [0.2, 0.25) is 0 Å². The Morgan fingerprint density at radius 2 is 1.87 bits per heavy atom. The summed E-state index contributed by atoms with van der Waals surface area (Å²) in [5.41, 5.74) is 0.574. The van der Waals surface area contributed by atoms with Crippen LogP contribution in [0.15, 0.2) is 53.4 Å². The van der Waals surface area contributed by atoms with Crippen LogP contribution in [0.5, 0.6) is 0 Å². The van der Waals surface area contributed by atoms with Gasteiger partial charge in [0.25, 0.3) is 0 Å². The van der Waals surface area contributed by atoms with E-state index in [-0.39, 0.29) is 12.2 Å². The molecule has 0 saturated heterocycles. The van der Waals surface area contributed by atoms with E-state index in [1.54, 1.807) is 36.4 Å². The maximum atomic E-state index is 12.7. The first-order valence-corrected chi connectivity index (χ1v) is 7.68. The highest BCUT2D eigenvalue weighted by atomic mass is 32.2. The maximum absolute atomic E-state index is 12.7. The first-order valence-electron chi connectivity index (χ1n) is 6.69. The molecule has 0 aliphatic carbocycles. The van der Waals surface area contributed by atoms with Crippen molar-refractivity contribution in [3.8, 4) is 6.07 Å². The van der Waals surface area contributed by atoms with E-state index >= 15 is 0 Å². The van der Waals surface area contributed by atoms with E-state index in [0.717, 1.165) is 17.7 Å². The molecule has 2 aromatic carbocycles. The minimum absolute atomic E-state index is 0.190. The summed E-state index contributed by atoms with van der Waals surface area (Å²) in [5, 5.41) is 8.54. The fourth-order valence-corrected chi connectivity index (χ4v) is 2.84. The third-order valence-electron chi connectivity index (χ3n) is 3.06. The Hall–Kier alpha value is -2.26. The van der Waals surface area contributed by atoms with Crippen molar-refractivity contribution < 1.29 is 18.0 Å². The molecule has 0 heterocycles. The topological polar surface area (TPSA) is 40.9 Å². The van der Waals surface area contributed by atoms with E-state index in [0.29, 0.717) is 16.2 Å². The highest BCUT2D eigenvalue weighted by Crippen LogP contribution is 2.32. The molecule has 0 aromatic heterocycles. The van der Waals surface area contributed by atoms with Gasteiger partial charge in [-0.15, -0.1) is 11.8 Å². The number of nitriles is 1. The van der Waals surface area contributed by atoms with Gasteiger partial charge in [0.05, 0.1) is 18.1 Å². The first-order chi connectivity index (χ1) is 10.9. The second-order valence-electron chi connectivity index (χ2n) is 4.77. The summed E-state index contributed by atoms with van der Waals surface area (Å²) in [7, 11) is 0. The SMILES string of the molecule is N#CCC(=O)c1cccc(CSc2cccc(C(F)(F)F)c2)c1. The van der Waals surface area contributed by atoms with E-state index < -0.39 is 11.7 Å². The largest absolute Gasteiger partial charge is 0.416 e. The van der Waals surface area contributed by atoms with Crippen LogP contribution in [0, 0.1) is 11.3 Å². The molecule has 0 aliphatic rings. The standard InChI is InChI=1S/C17H12F3NOS/c18-17(19,20)14-5-2-6-15(10-14)23-11-12-3-1-4-13(9-12)16(22)7-8-21/h1-6,9-10H,7,11H2. The van der Waals surface area contributed by atoms with Gasteiger partial charge in [0.1, 0.15) is 0 Å². The molecule has 0 atom stereocenters. The van der Waals surface area contributed by atoms with Crippen LogP contribution >= 0.6 is 11.8 Å². The smallest absolute Gasteiger partial charge is 0.293 e. The molecular formula is C17H12F3NOS. The number of hydrogen-bond acceptors (Lipinski definition) is 3. The zero-order valence-electron chi connectivity index (χ0n) is 11.9. The molecular weight excluding hydrogens is 323 g/mol. The van der Waals surface area contributed by atoms with Gasteiger partial charge in [0, 0.05) is 16.2 Å². The van der Waals surface area contributed by atoms with Gasteiger partial charge in [-0.3, -0.25) is 4.79 Å². The summed E-state index contributed by atoms with van der Waals surface area (Å²) in [5.74, 6) is 0.174. The molecule has 0 spiro atoms. The highest BCUT2D eigenvalue weighted by molar-refractivity contribution is 7.98. The van der Waals surface area contributed by atoms with Gasteiger partial charge in [0.2, 0.25) is 0 Å². The van der Waals surface area contributed by atoms with E-state index in [1.165, 1.54) is 17.8 Å². The molecule has 6 heteroatoms. The number of nitrogens with zero attached hydrogens (tertiary/aromatic N) is 1. The predicted molar refractivity (Wildman–Crippen MR) is 82.0 cm³/mol. The zero-order chi connectivity index (χ0) is 16.9. The van der Waals surface area contributed by atoms with Gasteiger partial charge < -0.3 is 0 Å². The van der Waals surface area contributed by atoms with Crippen molar-refractivity contribution in [3.63, 3.8) is 0 Å². The molecule has 0 fully saturated rings. The van der Waals surface area contributed by atoms with E-state index in [4.69, 9.17) is 5.26 Å². The first kappa shape index (κ1) is 17.1. The molecule has 2 rings (SSSR count). The Bertz CT molecular complexity index is 750. The van der Waals surface area contributed by atoms with Crippen LogP contribution in [0.25, 0.3) is 0 Å². The molecule has 2 aromatic rings. The van der Waals surface area contributed by atoms with Gasteiger partial charge in [-0.2, -0.15) is 18.4 Å². The number of carbonyl (C=O) groups is 1. The summed E-state index contributed by atoms with van der Waals surface area (Å²) in [6.07, 6.45) is -4.55. The minimum atomic E-state index is -4.36. The summed E-state index contributed by atoms with van der Waals surface area (Å²) in [6.45, 7) is 0. The van der Waals surface area contributed by atoms with Crippen molar-refractivity contribution in [3.05, 3.63) is 65.2 Å². The second-order valence-corrected chi connectivity index (χ2v) is 5.82. The van der Waals surface area contributed by atoms with E-state index in [1.807, 2.05) is 0 Å². The number of benzene rings is 2. The lowest BCUT2D eigenvalue weighted by Gasteiger charge is -2.09. The van der Waals surface area contributed by atoms with Crippen LogP contribution in [0.3, 0.4) is 0 Å². The lowest BCUT2D eigenvalue weighted by Crippen LogP contribution is -2.04. The second kappa shape index (κ2) is 7.34. The summed E-state index contributed by atoms with van der Waals surface area (Å²) in [6, 6.07) is 13.7. The number of rotatable bonds is 5. The Kier molecular flexibility index (Phi) is 5.45. The van der Waals surface area contributed by atoms with Crippen molar-refractivity contribution in [1.82, 2.24) is 0 Å². The monoisotopic (exact) mass is 335 g/mol. The number of thioether (sulfide) groups is 1. The van der Waals surface area contributed by atoms with Crippen molar-refractivity contribution in [2.45, 2.75) is 23.2 Å². The fourth-order valence-electron chi connectivity index (χ4n) is 1.94. The summed E-state index contributed by atoms with van der Waals surface area (Å²) in [4.78, 5) is 12.2. The van der Waals surface area contributed by atoms with Crippen LogP contribution in [0.1, 0.15) is 27.9 Å². The van der Waals surface area contributed by atoms with Crippen LogP contribution in [-0.2, 0) is 11.9 Å². The van der Waals surface area contributed by atoms with Gasteiger partial charge in [-0.25, -0.2) is 0 Å². The minimum Gasteiger partial charge on any atom is -0.293 e. The highest BCUT2D eigenvalue weighted by Gasteiger charge is 2.30. The Balaban J connectivity index is 2.08. The van der Waals surface area contributed by atoms with Crippen molar-refractivity contribution in [2.24, 2.45) is 0 Å². The average Bonchev–Trinajstić information content (AvgIpc) is 2.53. The van der Waals surface area contributed by atoms with Crippen molar-refractivity contribution >= 4 is 17.5 Å². The normalized spacial score (nSPS) is 11.0. The van der Waals surface area contributed by atoms with Crippen LogP contribution < -0.4 is 0 Å². The third-order valence-corrected chi connectivity index (χ3v) is 4.12. The van der Waals surface area contributed by atoms with E-state index in [9.17, 15) is 18.0 Å². The number of alkyl halides is 3. The third kappa shape index (κ3) is 4.86. The molecule has 0 unspecified atom stereocenters. The molecule has 23 heavy (non-hydrogen) atoms. The molecule has 0 radical (unpaired) electrons. The summed E-state index contributed by atoms with van der Waals surface area (Å²) < 4.78 is 38.0. The van der Waals surface area contributed by atoms with Crippen LogP contribution in [0.4, 0.5) is 13.2 Å². The Labute approximate surface area is 135 Å². The van der Waals surface area contributed by atoms with Crippen LogP contribution in [-0.4, -0.2) is 5.78 Å². The number of Topliss-reactive ketones (excluding diaryl/α,β-unsaturated/α-hetero) is 1. The lowest BCUT2D eigenvalue weighted by atomic mass is 10.1. The number of halogens is 3. The maximum Gasteiger partial charge on any atom is 0.416 e. The van der Waals surface area contributed by atoms with Crippen molar-refractivity contribution in [2.75, 3.05) is 0 Å². The molecule has 0 saturated carbocycles. The number of carbonyl (C=O) groups excluding carboxylic acids is 1. The summed E-state index contributed by atoms with van der Waals surface area (Å²) >= 11 is 1.26. The van der Waals surface area contributed by atoms with Crippen molar-refractivity contribution in [1.29, 1.82) is 5.26 Å². The van der Waals surface area contributed by atoms with E-state index in [2.05, 4.69) is 0 Å². The quantitative estimate of drug-likeness (QED) is 0.564. The molecule has 0 amide bonds. The fraction of sp³-hybridized carbons (Fsp3) is 0.176. The van der Waals surface area contributed by atoms with Gasteiger partial charge in [-0.05, 0) is 29.8 Å². The molecule has 0 bridgehead atoms. The zero-order valence-corrected chi connectivity index (χ0v) is 12.7. The molecule has 2 nitrogen and oxygen atoms in total. The van der Waals surface area contributed by atoms with Gasteiger partial charge in [-0.1, -0.05) is 24.3 Å². The lowest BCUT2D eigenvalue weighted by molar-refractivity contribution is -0.137. The average molecular weight is 335 g/mol.